The van der Waals surface area contributed by atoms with Crippen LogP contribution < -0.4 is 22.9 Å². The van der Waals surface area contributed by atoms with Crippen molar-refractivity contribution >= 4 is 40.6 Å². The van der Waals surface area contributed by atoms with Crippen LogP contribution in [0, 0.1) is 0 Å². The fourth-order valence-electron chi connectivity index (χ4n) is 3.25. The zero-order chi connectivity index (χ0) is 28.3. The number of carbonyl (C=O) groups is 4. The lowest BCUT2D eigenvalue weighted by Crippen LogP contribution is -2.29. The number of amides is 1. The average molecular weight is 541 g/mol. The summed E-state index contributed by atoms with van der Waals surface area (Å²) in [6.07, 6.45) is 4.38. The van der Waals surface area contributed by atoms with Crippen molar-refractivity contribution in [3.63, 3.8) is 0 Å². The molecule has 0 aromatic heterocycles. The maximum absolute atomic E-state index is 11.2. The highest BCUT2D eigenvalue weighted by atomic mass is 16.4. The fourth-order valence-corrected chi connectivity index (χ4v) is 3.25. The smallest absolute Gasteiger partial charge is 0.320 e. The Morgan fingerprint density at radius 1 is 0.949 bits per heavy atom. The molecule has 0 aliphatic rings. The van der Waals surface area contributed by atoms with Crippen molar-refractivity contribution in [2.45, 2.75) is 51.5 Å². The third kappa shape index (κ3) is 15.0. The number of nitrogens with two attached hydrogens (primary N) is 2. The minimum atomic E-state index is -0.933. The van der Waals surface area contributed by atoms with E-state index in [1.54, 1.807) is 24.3 Å². The van der Waals surface area contributed by atoms with Gasteiger partial charge in [0.1, 0.15) is 12.3 Å². The lowest BCUT2D eigenvalue weighted by Gasteiger charge is -2.03. The number of anilines is 1. The van der Waals surface area contributed by atoms with E-state index in [2.05, 4.69) is 5.32 Å². The maximum Gasteiger partial charge on any atom is 0.320 e. The minimum absolute atomic E-state index is 0. The van der Waals surface area contributed by atoms with E-state index < -0.39 is 18.0 Å². The second kappa shape index (κ2) is 19.9. The van der Waals surface area contributed by atoms with Crippen molar-refractivity contribution in [2.24, 2.45) is 11.5 Å². The summed E-state index contributed by atoms with van der Waals surface area (Å²) >= 11 is 0. The van der Waals surface area contributed by atoms with E-state index in [1.165, 1.54) is 0 Å². The molecule has 0 saturated heterocycles. The van der Waals surface area contributed by atoms with E-state index in [9.17, 15) is 19.2 Å². The van der Waals surface area contributed by atoms with Crippen LogP contribution in [-0.2, 0) is 20.8 Å². The quantitative estimate of drug-likeness (QED) is 0.150. The van der Waals surface area contributed by atoms with Crippen LogP contribution in [0.2, 0.25) is 0 Å². The summed E-state index contributed by atoms with van der Waals surface area (Å²) in [6, 6.07) is 19.7. The molecule has 3 rings (SSSR count). The van der Waals surface area contributed by atoms with Gasteiger partial charge in [-0.15, -0.1) is 0 Å². The summed E-state index contributed by atoms with van der Waals surface area (Å²) in [5, 5.41) is 21.9. The van der Waals surface area contributed by atoms with Gasteiger partial charge in [0.15, 0.2) is 0 Å². The molecule has 0 unspecified atom stereocenters. The minimum Gasteiger partial charge on any atom is -0.481 e. The molecule has 0 saturated carbocycles. The first-order chi connectivity index (χ1) is 18.2. The van der Waals surface area contributed by atoms with Gasteiger partial charge in [-0.1, -0.05) is 55.8 Å². The predicted octanol–water partition coefficient (Wildman–Crippen LogP) is 4.39. The SMILES string of the molecule is CCCC(=O)Nc1ccc(C=O)cc1.N.NCCCC[C@H](N)C(=O)O.O=C(O)Cc1ccc2ccccc2c1. The number of carboxylic acids is 2. The van der Waals surface area contributed by atoms with Gasteiger partial charge in [-0.25, -0.2) is 0 Å². The lowest BCUT2D eigenvalue weighted by molar-refractivity contribution is -0.139. The summed E-state index contributed by atoms with van der Waals surface area (Å²) in [7, 11) is 0. The van der Waals surface area contributed by atoms with E-state index in [0.29, 0.717) is 24.9 Å². The van der Waals surface area contributed by atoms with Gasteiger partial charge >= 0.3 is 11.9 Å². The third-order valence-corrected chi connectivity index (χ3v) is 5.26. The number of hydrogen-bond donors (Lipinski definition) is 6. The van der Waals surface area contributed by atoms with Gasteiger partial charge in [0.2, 0.25) is 5.91 Å². The van der Waals surface area contributed by atoms with Gasteiger partial charge in [0.05, 0.1) is 6.42 Å². The number of aldehydes is 1. The van der Waals surface area contributed by atoms with Crippen molar-refractivity contribution in [1.82, 2.24) is 6.15 Å². The maximum atomic E-state index is 11.2. The van der Waals surface area contributed by atoms with Crippen LogP contribution in [0.4, 0.5) is 5.69 Å². The molecule has 3 aromatic carbocycles. The first-order valence-corrected chi connectivity index (χ1v) is 12.4. The Labute approximate surface area is 229 Å². The molecular weight excluding hydrogens is 500 g/mol. The molecule has 0 radical (unpaired) electrons. The normalized spacial score (nSPS) is 10.4. The van der Waals surface area contributed by atoms with E-state index in [4.69, 9.17) is 21.7 Å². The van der Waals surface area contributed by atoms with Crippen LogP contribution in [-0.4, -0.2) is 46.9 Å². The molecule has 3 aromatic rings. The number of carbonyl (C=O) groups excluding carboxylic acids is 2. The Balaban J connectivity index is 0.000000559. The molecule has 1 atom stereocenters. The van der Waals surface area contributed by atoms with E-state index in [1.807, 2.05) is 49.4 Å². The average Bonchev–Trinajstić information content (AvgIpc) is 2.89. The Morgan fingerprint density at radius 3 is 2.13 bits per heavy atom. The van der Waals surface area contributed by atoms with Crippen LogP contribution in [0.25, 0.3) is 10.8 Å². The number of fused-ring (bicyclic) bond motifs is 1. The van der Waals surface area contributed by atoms with Gasteiger partial charge in [-0.2, -0.15) is 0 Å². The van der Waals surface area contributed by atoms with Crippen LogP contribution >= 0.6 is 0 Å². The highest BCUT2D eigenvalue weighted by Gasteiger charge is 2.09. The van der Waals surface area contributed by atoms with Crippen LogP contribution in [0.3, 0.4) is 0 Å². The highest BCUT2D eigenvalue weighted by molar-refractivity contribution is 5.91. The zero-order valence-electron chi connectivity index (χ0n) is 22.3. The molecule has 10 heteroatoms. The van der Waals surface area contributed by atoms with Crippen molar-refractivity contribution in [2.75, 3.05) is 11.9 Å². The Kier molecular flexibility index (Phi) is 17.8. The molecule has 0 heterocycles. The molecule has 0 aliphatic heterocycles. The summed E-state index contributed by atoms with van der Waals surface area (Å²) in [6.45, 7) is 2.56. The van der Waals surface area contributed by atoms with Crippen LogP contribution in [0.1, 0.15) is 54.9 Å². The Hall–Kier alpha value is -4.12. The number of benzene rings is 3. The van der Waals surface area contributed by atoms with Crippen molar-refractivity contribution in [1.29, 1.82) is 0 Å². The second-order valence-corrected chi connectivity index (χ2v) is 8.52. The van der Waals surface area contributed by atoms with Crippen molar-refractivity contribution < 1.29 is 29.4 Å². The molecule has 0 bridgehead atoms. The van der Waals surface area contributed by atoms with Crippen LogP contribution in [0.15, 0.2) is 66.7 Å². The topological polar surface area (TPSA) is 208 Å². The van der Waals surface area contributed by atoms with E-state index in [0.717, 1.165) is 47.6 Å². The fraction of sp³-hybridized carbons (Fsp3) is 0.310. The van der Waals surface area contributed by atoms with Gasteiger partial charge in [-0.3, -0.25) is 19.2 Å². The van der Waals surface area contributed by atoms with Gasteiger partial charge in [0, 0.05) is 17.7 Å². The number of aliphatic carboxylic acids is 2. The van der Waals surface area contributed by atoms with E-state index >= 15 is 0 Å². The molecule has 10 N–H and O–H groups in total. The largest absolute Gasteiger partial charge is 0.481 e. The summed E-state index contributed by atoms with van der Waals surface area (Å²) in [5.41, 5.74) is 12.6. The first-order valence-electron chi connectivity index (χ1n) is 12.4. The van der Waals surface area contributed by atoms with E-state index in [-0.39, 0.29) is 18.5 Å². The number of rotatable bonds is 11. The summed E-state index contributed by atoms with van der Waals surface area (Å²) in [5.74, 6) is -1.72. The molecule has 1 amide bonds. The number of nitrogens with one attached hydrogen (secondary N) is 1. The van der Waals surface area contributed by atoms with Crippen molar-refractivity contribution in [3.8, 4) is 0 Å². The summed E-state index contributed by atoms with van der Waals surface area (Å²) in [4.78, 5) is 42.2. The highest BCUT2D eigenvalue weighted by Crippen LogP contribution is 2.15. The first kappa shape index (κ1) is 34.9. The second-order valence-electron chi connectivity index (χ2n) is 8.52. The van der Waals surface area contributed by atoms with Gasteiger partial charge in [0.25, 0.3) is 0 Å². The standard InChI is InChI=1S/C12H10O2.C11H13NO2.C6H14N2O2.H3N/c13-12(14)8-9-5-6-10-3-1-2-4-11(10)7-9;1-2-3-11(14)12-10-6-4-9(8-13)5-7-10;7-4-2-1-3-5(8)6(9)10;/h1-7H,8H2,(H,13,14);4-8H,2-3H2,1H3,(H,12,14);5H,1-4,7-8H2,(H,9,10);1H3/t;;5-;/m..0./s1. The van der Waals surface area contributed by atoms with Gasteiger partial charge in [-0.05, 0) is 66.4 Å². The van der Waals surface area contributed by atoms with Crippen LogP contribution in [0.5, 0.6) is 0 Å². The zero-order valence-corrected chi connectivity index (χ0v) is 22.3. The summed E-state index contributed by atoms with van der Waals surface area (Å²) < 4.78 is 0. The molecule has 10 nitrogen and oxygen atoms in total. The monoisotopic (exact) mass is 540 g/mol. The number of hydrogen-bond acceptors (Lipinski definition) is 7. The lowest BCUT2D eigenvalue weighted by atomic mass is 10.1. The predicted molar refractivity (Wildman–Crippen MR) is 154 cm³/mol. The molecule has 0 aliphatic carbocycles. The Morgan fingerprint density at radius 2 is 1.59 bits per heavy atom. The number of unbranched alkanes of at least 4 members (excludes halogenated alkanes) is 1. The number of carboxylic acid groups (broad SMARTS) is 2. The molecule has 212 valence electrons. The third-order valence-electron chi connectivity index (χ3n) is 5.26. The molecule has 0 spiro atoms. The Bertz CT molecular complexity index is 1170. The van der Waals surface area contributed by atoms with Crippen molar-refractivity contribution in [3.05, 3.63) is 77.9 Å². The molecule has 39 heavy (non-hydrogen) atoms. The molecule has 0 fully saturated rings. The molecular formula is C29H40N4O6. The van der Waals surface area contributed by atoms with Gasteiger partial charge < -0.3 is 33.1 Å².